The van der Waals surface area contributed by atoms with Crippen molar-refractivity contribution in [1.29, 1.82) is 0 Å². The van der Waals surface area contributed by atoms with E-state index in [1.54, 1.807) is 16.6 Å². The van der Waals surface area contributed by atoms with E-state index in [4.69, 9.17) is 0 Å². The highest BCUT2D eigenvalue weighted by Gasteiger charge is 2.35. The van der Waals surface area contributed by atoms with Crippen LogP contribution in [0, 0.1) is 0 Å². The summed E-state index contributed by atoms with van der Waals surface area (Å²) < 4.78 is 28.9. The Kier molecular flexibility index (Phi) is 4.56. The van der Waals surface area contributed by atoms with Gasteiger partial charge in [-0.3, -0.25) is 0 Å². The van der Waals surface area contributed by atoms with E-state index in [0.717, 1.165) is 19.3 Å². The highest BCUT2D eigenvalue weighted by atomic mass is 32.2. The van der Waals surface area contributed by atoms with Crippen molar-refractivity contribution in [2.75, 3.05) is 6.54 Å². The maximum Gasteiger partial charge on any atom is 0.244 e. The number of nitrogens with zero attached hydrogens (tertiary/aromatic N) is 2. The van der Waals surface area contributed by atoms with Gasteiger partial charge in [0, 0.05) is 30.5 Å². The van der Waals surface area contributed by atoms with Crippen molar-refractivity contribution in [2.24, 2.45) is 0 Å². The minimum atomic E-state index is -3.44. The van der Waals surface area contributed by atoms with E-state index >= 15 is 0 Å². The Morgan fingerprint density at radius 3 is 2.65 bits per heavy atom. The van der Waals surface area contributed by atoms with Gasteiger partial charge >= 0.3 is 0 Å². The second kappa shape index (κ2) is 5.87. The average Bonchev–Trinajstić information content (AvgIpc) is 3.05. The van der Waals surface area contributed by atoms with E-state index < -0.39 is 10.0 Å². The number of aliphatic hydroxyl groups excluding tert-OH is 1. The maximum absolute atomic E-state index is 12.7. The number of aromatic nitrogens is 1. The predicted octanol–water partition coefficient (Wildman–Crippen LogP) is 2.12. The molecule has 20 heavy (non-hydrogen) atoms. The van der Waals surface area contributed by atoms with Crippen molar-refractivity contribution in [2.45, 2.75) is 63.6 Å². The molecule has 5 nitrogen and oxygen atoms in total. The van der Waals surface area contributed by atoms with E-state index in [1.165, 1.54) is 0 Å². The molecule has 1 fully saturated rings. The molecular weight excluding hydrogens is 276 g/mol. The van der Waals surface area contributed by atoms with Crippen LogP contribution in [0.4, 0.5) is 0 Å². The monoisotopic (exact) mass is 300 g/mol. The van der Waals surface area contributed by atoms with Gasteiger partial charge in [-0.15, -0.1) is 0 Å². The topological polar surface area (TPSA) is 62.5 Å². The minimum Gasteiger partial charge on any atom is -0.390 e. The van der Waals surface area contributed by atoms with Gasteiger partial charge in [0.05, 0.1) is 6.61 Å². The lowest BCUT2D eigenvalue weighted by Crippen LogP contribution is -2.34. The first-order chi connectivity index (χ1) is 9.41. The number of hydrogen-bond acceptors (Lipinski definition) is 3. The highest BCUT2D eigenvalue weighted by molar-refractivity contribution is 7.89. The molecule has 0 radical (unpaired) electrons. The fourth-order valence-electron chi connectivity index (χ4n) is 2.91. The molecule has 1 aliphatic rings. The maximum atomic E-state index is 12.7. The molecule has 1 aromatic heterocycles. The summed E-state index contributed by atoms with van der Waals surface area (Å²) in [6.07, 6.45) is 4.36. The molecule has 2 heterocycles. The molecule has 0 bridgehead atoms. The van der Waals surface area contributed by atoms with Crippen LogP contribution in [0.1, 0.15) is 51.8 Å². The molecule has 0 aliphatic carbocycles. The molecule has 114 valence electrons. The first-order valence-electron chi connectivity index (χ1n) is 7.25. The number of aliphatic hydroxyl groups is 1. The van der Waals surface area contributed by atoms with Crippen LogP contribution < -0.4 is 0 Å². The lowest BCUT2D eigenvalue weighted by molar-refractivity contribution is 0.268. The van der Waals surface area contributed by atoms with E-state index in [0.29, 0.717) is 17.1 Å². The van der Waals surface area contributed by atoms with Crippen LogP contribution in [-0.4, -0.2) is 35.0 Å². The third-order valence-electron chi connectivity index (χ3n) is 4.03. The van der Waals surface area contributed by atoms with Crippen molar-refractivity contribution in [1.82, 2.24) is 8.87 Å². The van der Waals surface area contributed by atoms with Gasteiger partial charge in [-0.2, -0.15) is 4.31 Å². The molecule has 1 saturated heterocycles. The Hall–Kier alpha value is -0.850. The van der Waals surface area contributed by atoms with Crippen LogP contribution in [0.3, 0.4) is 0 Å². The lowest BCUT2D eigenvalue weighted by atomic mass is 10.2. The van der Waals surface area contributed by atoms with E-state index in [2.05, 4.69) is 0 Å². The Morgan fingerprint density at radius 1 is 1.45 bits per heavy atom. The predicted molar refractivity (Wildman–Crippen MR) is 77.9 cm³/mol. The summed E-state index contributed by atoms with van der Waals surface area (Å²) in [6, 6.07) is 1.84. The van der Waals surface area contributed by atoms with Gasteiger partial charge in [0.15, 0.2) is 0 Å². The van der Waals surface area contributed by atoms with E-state index in [-0.39, 0.29) is 18.7 Å². The SMILES string of the molecule is CCC1CCCN1S(=O)(=O)c1cc(CO)n(C(C)C)c1. The smallest absolute Gasteiger partial charge is 0.244 e. The normalized spacial score (nSPS) is 20.9. The molecule has 0 amide bonds. The lowest BCUT2D eigenvalue weighted by Gasteiger charge is -2.22. The summed E-state index contributed by atoms with van der Waals surface area (Å²) in [4.78, 5) is 0.301. The quantitative estimate of drug-likeness (QED) is 0.906. The van der Waals surface area contributed by atoms with Gasteiger partial charge in [0.2, 0.25) is 10.0 Å². The van der Waals surface area contributed by atoms with Crippen molar-refractivity contribution in [3.63, 3.8) is 0 Å². The average molecular weight is 300 g/mol. The number of hydrogen-bond donors (Lipinski definition) is 1. The van der Waals surface area contributed by atoms with Gasteiger partial charge in [0.25, 0.3) is 0 Å². The Labute approximate surface area is 121 Å². The van der Waals surface area contributed by atoms with Crippen LogP contribution in [0.25, 0.3) is 0 Å². The molecule has 1 aromatic rings. The zero-order valence-electron chi connectivity index (χ0n) is 12.4. The zero-order chi connectivity index (χ0) is 14.9. The van der Waals surface area contributed by atoms with Crippen LogP contribution in [0.2, 0.25) is 0 Å². The Bertz CT molecular complexity index is 563. The third kappa shape index (κ3) is 2.64. The summed E-state index contributed by atoms with van der Waals surface area (Å²) in [7, 11) is -3.44. The van der Waals surface area contributed by atoms with E-state index in [9.17, 15) is 13.5 Å². The van der Waals surface area contributed by atoms with Crippen LogP contribution in [-0.2, 0) is 16.6 Å². The summed E-state index contributed by atoms with van der Waals surface area (Å²) in [5.74, 6) is 0. The molecule has 0 spiro atoms. The van der Waals surface area contributed by atoms with Crippen molar-refractivity contribution in [3.05, 3.63) is 18.0 Å². The van der Waals surface area contributed by atoms with Gasteiger partial charge in [0.1, 0.15) is 4.90 Å². The summed E-state index contributed by atoms with van der Waals surface area (Å²) in [6.45, 7) is 6.42. The van der Waals surface area contributed by atoms with E-state index in [1.807, 2.05) is 25.3 Å². The molecule has 2 rings (SSSR count). The second-order valence-electron chi connectivity index (χ2n) is 5.65. The van der Waals surface area contributed by atoms with Crippen LogP contribution in [0.15, 0.2) is 17.2 Å². The Morgan fingerprint density at radius 2 is 2.15 bits per heavy atom. The molecule has 0 aromatic carbocycles. The minimum absolute atomic E-state index is 0.111. The molecule has 1 N–H and O–H groups in total. The number of sulfonamides is 1. The zero-order valence-corrected chi connectivity index (χ0v) is 13.2. The second-order valence-corrected chi connectivity index (χ2v) is 7.54. The highest BCUT2D eigenvalue weighted by Crippen LogP contribution is 2.29. The number of rotatable bonds is 5. The summed E-state index contributed by atoms with van der Waals surface area (Å²) in [5, 5.41) is 9.38. The third-order valence-corrected chi connectivity index (χ3v) is 5.94. The fraction of sp³-hybridized carbons (Fsp3) is 0.714. The van der Waals surface area contributed by atoms with Crippen molar-refractivity contribution in [3.8, 4) is 0 Å². The summed E-state index contributed by atoms with van der Waals surface area (Å²) >= 11 is 0. The molecule has 0 saturated carbocycles. The molecule has 6 heteroatoms. The Balaban J connectivity index is 2.39. The van der Waals surface area contributed by atoms with Gasteiger partial charge in [-0.1, -0.05) is 6.92 Å². The van der Waals surface area contributed by atoms with Crippen LogP contribution in [0.5, 0.6) is 0 Å². The van der Waals surface area contributed by atoms with Crippen molar-refractivity contribution >= 4 is 10.0 Å². The fourth-order valence-corrected chi connectivity index (χ4v) is 4.73. The largest absolute Gasteiger partial charge is 0.390 e. The van der Waals surface area contributed by atoms with Crippen LogP contribution >= 0.6 is 0 Å². The molecule has 1 aliphatic heterocycles. The van der Waals surface area contributed by atoms with Gasteiger partial charge < -0.3 is 9.67 Å². The van der Waals surface area contributed by atoms with Gasteiger partial charge in [-0.25, -0.2) is 8.42 Å². The molecule has 1 unspecified atom stereocenters. The molecular formula is C14H24N2O3S. The van der Waals surface area contributed by atoms with Gasteiger partial charge in [-0.05, 0) is 39.2 Å². The first kappa shape index (κ1) is 15.5. The van der Waals surface area contributed by atoms with Crippen molar-refractivity contribution < 1.29 is 13.5 Å². The first-order valence-corrected chi connectivity index (χ1v) is 8.69. The summed E-state index contributed by atoms with van der Waals surface area (Å²) in [5.41, 5.74) is 0.644. The molecule has 1 atom stereocenters. The standard InChI is InChI=1S/C14H24N2O3S/c1-4-12-6-5-7-16(12)20(18,19)14-8-13(10-17)15(9-14)11(2)3/h8-9,11-12,17H,4-7,10H2,1-3H3.